The van der Waals surface area contributed by atoms with Crippen LogP contribution in [0.25, 0.3) is 0 Å². The van der Waals surface area contributed by atoms with Crippen LogP contribution < -0.4 is 21.3 Å². The van der Waals surface area contributed by atoms with Gasteiger partial charge in [-0.05, 0) is 79.7 Å². The van der Waals surface area contributed by atoms with Gasteiger partial charge in [-0.25, -0.2) is 4.79 Å². The van der Waals surface area contributed by atoms with Crippen molar-refractivity contribution in [3.8, 4) is 0 Å². The molecule has 0 saturated carbocycles. The lowest BCUT2D eigenvalue weighted by Gasteiger charge is -2.11. The molecule has 0 aliphatic carbocycles. The maximum Gasteiger partial charge on any atom is 0.315 e. The molecule has 0 heterocycles. The zero-order valence-electron chi connectivity index (χ0n) is 18.3. The summed E-state index contributed by atoms with van der Waals surface area (Å²) in [6.07, 6.45) is 0. The van der Waals surface area contributed by atoms with E-state index in [2.05, 4.69) is 21.3 Å². The largest absolute Gasteiger partial charge is 0.350 e. The lowest BCUT2D eigenvalue weighted by molar-refractivity contribution is 0.0930. The van der Waals surface area contributed by atoms with Gasteiger partial charge in [-0.15, -0.1) is 0 Å². The van der Waals surface area contributed by atoms with Gasteiger partial charge < -0.3 is 21.3 Å². The molecule has 7 nitrogen and oxygen atoms in total. The molecule has 0 spiro atoms. The van der Waals surface area contributed by atoms with Crippen molar-refractivity contribution in [1.29, 1.82) is 0 Å². The summed E-state index contributed by atoms with van der Waals surface area (Å²) in [5.74, 6) is -0.248. The number of amides is 4. The summed E-state index contributed by atoms with van der Waals surface area (Å²) in [5.41, 5.74) is 1.12. The minimum atomic E-state index is -0.124. The van der Waals surface area contributed by atoms with Crippen LogP contribution in [0.15, 0.2) is 24.3 Å². The summed E-state index contributed by atoms with van der Waals surface area (Å²) in [7, 11) is 0. The molecule has 1 rings (SSSR count). The Labute approximate surface area is 169 Å². The molecule has 158 valence electrons. The maximum atomic E-state index is 11.7. The molecule has 0 bridgehead atoms. The molecule has 0 atom stereocenters. The van der Waals surface area contributed by atoms with Gasteiger partial charge in [-0.3, -0.25) is 9.59 Å². The second kappa shape index (κ2) is 12.8. The molecule has 0 aromatic heterocycles. The highest BCUT2D eigenvalue weighted by molar-refractivity contribution is 5.97. The molecule has 4 amide bonds. The molecule has 0 saturated heterocycles. The molecule has 7 heteroatoms. The van der Waals surface area contributed by atoms with E-state index in [0.717, 1.165) is 0 Å². The van der Waals surface area contributed by atoms with E-state index >= 15 is 0 Å². The van der Waals surface area contributed by atoms with E-state index in [4.69, 9.17) is 0 Å². The van der Waals surface area contributed by atoms with Crippen molar-refractivity contribution < 1.29 is 14.4 Å². The Morgan fingerprint density at radius 2 is 0.786 bits per heavy atom. The summed E-state index contributed by atoms with van der Waals surface area (Å²) in [4.78, 5) is 34.2. The number of hydrogen-bond acceptors (Lipinski definition) is 3. The number of rotatable bonds is 6. The van der Waals surface area contributed by atoms with Crippen molar-refractivity contribution in [3.63, 3.8) is 0 Å². The second-order valence-electron chi connectivity index (χ2n) is 7.76. The lowest BCUT2D eigenvalue weighted by atomic mass is 10.1. The van der Waals surface area contributed by atoms with Crippen LogP contribution in [0, 0.1) is 0 Å². The van der Waals surface area contributed by atoms with E-state index in [1.807, 2.05) is 55.4 Å². The number of hydrogen-bond donors (Lipinski definition) is 4. The van der Waals surface area contributed by atoms with Crippen LogP contribution in [0.3, 0.4) is 0 Å². The number of benzene rings is 1. The number of carbonyl (C=O) groups is 3. The van der Waals surface area contributed by atoms with Gasteiger partial charge in [0, 0.05) is 35.3 Å². The van der Waals surface area contributed by atoms with Crippen molar-refractivity contribution in [3.05, 3.63) is 35.4 Å². The average molecular weight is 393 g/mol. The molecule has 28 heavy (non-hydrogen) atoms. The Morgan fingerprint density at radius 3 is 1.00 bits per heavy atom. The molecule has 0 unspecified atom stereocenters. The molecule has 1 aromatic rings. The van der Waals surface area contributed by atoms with E-state index in [1.165, 1.54) is 0 Å². The van der Waals surface area contributed by atoms with Gasteiger partial charge in [0.15, 0.2) is 0 Å². The minimum absolute atomic E-state index is 0.0926. The van der Waals surface area contributed by atoms with Crippen molar-refractivity contribution in [2.24, 2.45) is 0 Å². The fourth-order valence-corrected chi connectivity index (χ4v) is 2.03. The van der Waals surface area contributed by atoms with Gasteiger partial charge >= 0.3 is 6.03 Å². The first-order chi connectivity index (χ1) is 12.9. The van der Waals surface area contributed by atoms with E-state index in [1.54, 1.807) is 24.3 Å². The lowest BCUT2D eigenvalue weighted by Crippen LogP contribution is -2.42. The normalized spacial score (nSPS) is 10.4. The summed E-state index contributed by atoms with van der Waals surface area (Å²) in [5, 5.41) is 11.0. The molecule has 4 N–H and O–H groups in total. The second-order valence-corrected chi connectivity index (χ2v) is 7.76. The third-order valence-electron chi connectivity index (χ3n) is 3.09. The maximum absolute atomic E-state index is 11.7. The molecule has 1 aromatic carbocycles. The molecular weight excluding hydrogens is 356 g/mol. The minimum Gasteiger partial charge on any atom is -0.350 e. The fourth-order valence-electron chi connectivity index (χ4n) is 2.03. The zero-order valence-corrected chi connectivity index (χ0v) is 18.3. The summed E-state index contributed by atoms with van der Waals surface area (Å²) in [6.45, 7) is 15.3. The van der Waals surface area contributed by atoms with Crippen LogP contribution in [0.4, 0.5) is 4.79 Å². The molecule has 0 fully saturated rings. The first-order valence-electron chi connectivity index (χ1n) is 9.71. The van der Waals surface area contributed by atoms with E-state index in [-0.39, 0.29) is 42.0 Å². The Balaban J connectivity index is 0.000000621. The highest BCUT2D eigenvalue weighted by Crippen LogP contribution is 2.05. The number of carbonyl (C=O) groups excluding carboxylic acids is 3. The highest BCUT2D eigenvalue weighted by atomic mass is 16.2. The topological polar surface area (TPSA) is 99.3 Å². The van der Waals surface area contributed by atoms with Crippen LogP contribution >= 0.6 is 0 Å². The molecule has 0 aliphatic rings. The van der Waals surface area contributed by atoms with Gasteiger partial charge in [-0.1, -0.05) is 0 Å². The van der Waals surface area contributed by atoms with E-state index in [0.29, 0.717) is 11.1 Å². The van der Waals surface area contributed by atoms with Crippen LogP contribution in [0.1, 0.15) is 76.1 Å². The standard InChI is InChI=1S/C14H20N2O2.C7H16N2O/c1-9(2)15-13(17)11-5-7-12(8-6-11)14(18)16-10(3)4;1-5(2)8-7(10)9-6(3)4/h5-10H,1-4H3,(H,15,17)(H,16,18);5-6H,1-4H3,(H2,8,9,10). The molecule has 0 aliphatic heterocycles. The predicted molar refractivity (Wildman–Crippen MR) is 114 cm³/mol. The third-order valence-corrected chi connectivity index (χ3v) is 3.09. The van der Waals surface area contributed by atoms with E-state index in [9.17, 15) is 14.4 Å². The van der Waals surface area contributed by atoms with Gasteiger partial charge in [0.25, 0.3) is 11.8 Å². The fraction of sp³-hybridized carbons (Fsp3) is 0.571. The van der Waals surface area contributed by atoms with Gasteiger partial charge in [-0.2, -0.15) is 0 Å². The van der Waals surface area contributed by atoms with Crippen LogP contribution in [0.2, 0.25) is 0 Å². The average Bonchev–Trinajstić information content (AvgIpc) is 2.52. The Bertz CT molecular complexity index is 570. The Morgan fingerprint density at radius 1 is 0.536 bits per heavy atom. The molecular formula is C21H36N4O3. The van der Waals surface area contributed by atoms with Gasteiger partial charge in [0.1, 0.15) is 0 Å². The number of urea groups is 1. The predicted octanol–water partition coefficient (Wildman–Crippen LogP) is 3.07. The van der Waals surface area contributed by atoms with Crippen LogP contribution in [-0.2, 0) is 0 Å². The van der Waals surface area contributed by atoms with Crippen molar-refractivity contribution >= 4 is 17.8 Å². The summed E-state index contributed by atoms with van der Waals surface area (Å²) >= 11 is 0. The molecule has 0 radical (unpaired) electrons. The monoisotopic (exact) mass is 392 g/mol. The number of nitrogens with one attached hydrogen (secondary N) is 4. The van der Waals surface area contributed by atoms with Crippen molar-refractivity contribution in [2.45, 2.75) is 79.6 Å². The van der Waals surface area contributed by atoms with E-state index < -0.39 is 0 Å². The SMILES string of the molecule is CC(C)NC(=O)NC(C)C.CC(C)NC(=O)c1ccc(C(=O)NC(C)C)cc1. The quantitative estimate of drug-likeness (QED) is 0.599. The summed E-state index contributed by atoms with van der Waals surface area (Å²) in [6, 6.07) is 7.16. The third kappa shape index (κ3) is 11.9. The first kappa shape index (κ1) is 25.4. The summed E-state index contributed by atoms with van der Waals surface area (Å²) < 4.78 is 0. The Kier molecular flexibility index (Phi) is 11.6. The smallest absolute Gasteiger partial charge is 0.315 e. The van der Waals surface area contributed by atoms with Crippen molar-refractivity contribution in [2.75, 3.05) is 0 Å². The van der Waals surface area contributed by atoms with Crippen LogP contribution in [0.5, 0.6) is 0 Å². The van der Waals surface area contributed by atoms with Crippen LogP contribution in [-0.4, -0.2) is 42.0 Å². The van der Waals surface area contributed by atoms with Gasteiger partial charge in [0.2, 0.25) is 0 Å². The van der Waals surface area contributed by atoms with Crippen molar-refractivity contribution in [1.82, 2.24) is 21.3 Å². The Hall–Kier alpha value is -2.57. The highest BCUT2D eigenvalue weighted by Gasteiger charge is 2.10. The van der Waals surface area contributed by atoms with Gasteiger partial charge in [0.05, 0.1) is 0 Å². The first-order valence-corrected chi connectivity index (χ1v) is 9.71. The zero-order chi connectivity index (χ0) is 21.9.